The van der Waals surface area contributed by atoms with E-state index in [-0.39, 0.29) is 37.1 Å². The Balaban J connectivity index is -0.00000381. The van der Waals surface area contributed by atoms with Crippen LogP contribution in [0.4, 0.5) is 0 Å². The van der Waals surface area contributed by atoms with Crippen molar-refractivity contribution in [3.05, 3.63) is 0 Å². The molecule has 48 heavy (non-hydrogen) atoms. The largest absolute Gasteiger partial charge is 0.462 e. The summed E-state index contributed by atoms with van der Waals surface area (Å²) in [5.41, 5.74) is 0. The Hall–Kier alpha value is -0.810. The smallest absolute Gasteiger partial charge is 0.306 e. The average molecular weight is 705 g/mol. The van der Waals surface area contributed by atoms with Gasteiger partial charge in [-0.3, -0.25) is 9.59 Å². The molecule has 1 unspecified atom stereocenters. The molecule has 0 amide bonds. The summed E-state index contributed by atoms with van der Waals surface area (Å²) in [7, 11) is 6.00. The molecular weight excluding hydrogens is 618 g/mol. The van der Waals surface area contributed by atoms with Gasteiger partial charge in [0.15, 0.2) is 0 Å². The lowest BCUT2D eigenvalue weighted by atomic mass is 10.0. The van der Waals surface area contributed by atoms with E-state index >= 15 is 0 Å². The van der Waals surface area contributed by atoms with E-state index in [1.807, 2.05) is 33.0 Å². The standard InChI is InChI=1S/C39H76O4.C3H9N.ClH/c1-4-6-8-10-12-14-16-18-20-22-24-26-28-30-32-34-38(40)42-36-37(3)43-39(41)35-33-31-29-27-25-23-21-19-17-15-13-11-9-7-5-2;1-4(2)3;/h37H,4-36H2,1-3H3;1-3H3;1H. The Morgan fingerprint density at radius 2 is 0.667 bits per heavy atom. The van der Waals surface area contributed by atoms with Crippen molar-refractivity contribution < 1.29 is 19.1 Å². The van der Waals surface area contributed by atoms with E-state index in [9.17, 15) is 9.59 Å². The number of ether oxygens (including phenoxy) is 2. The fourth-order valence-electron chi connectivity index (χ4n) is 5.88. The molecule has 0 radical (unpaired) electrons. The van der Waals surface area contributed by atoms with Gasteiger partial charge in [-0.05, 0) is 40.9 Å². The monoisotopic (exact) mass is 704 g/mol. The summed E-state index contributed by atoms with van der Waals surface area (Å²) >= 11 is 0. The highest BCUT2D eigenvalue weighted by molar-refractivity contribution is 5.85. The quantitative estimate of drug-likeness (QED) is 0.0486. The van der Waals surface area contributed by atoms with Crippen LogP contribution in [0.15, 0.2) is 0 Å². The second-order valence-corrected chi connectivity index (χ2v) is 14.7. The van der Waals surface area contributed by atoms with E-state index in [2.05, 4.69) is 13.8 Å². The van der Waals surface area contributed by atoms with Crippen molar-refractivity contribution in [2.24, 2.45) is 0 Å². The molecule has 0 aromatic heterocycles. The number of unbranched alkanes of at least 4 members (excludes halogenated alkanes) is 28. The first-order valence-electron chi connectivity index (χ1n) is 20.8. The van der Waals surface area contributed by atoms with Gasteiger partial charge in [0, 0.05) is 12.8 Å². The van der Waals surface area contributed by atoms with E-state index in [1.54, 1.807) is 0 Å². The molecule has 1 atom stereocenters. The fraction of sp³-hybridized carbons (Fsp3) is 0.952. The third-order valence-electron chi connectivity index (χ3n) is 8.78. The van der Waals surface area contributed by atoms with E-state index in [0.717, 1.165) is 25.7 Å². The predicted molar refractivity (Wildman–Crippen MR) is 212 cm³/mol. The third kappa shape index (κ3) is 49.6. The lowest BCUT2D eigenvalue weighted by Gasteiger charge is -2.13. The summed E-state index contributed by atoms with van der Waals surface area (Å²) in [6, 6.07) is 0. The van der Waals surface area contributed by atoms with Gasteiger partial charge in [-0.2, -0.15) is 0 Å². The van der Waals surface area contributed by atoms with Gasteiger partial charge in [0.2, 0.25) is 0 Å². The maximum atomic E-state index is 12.1. The van der Waals surface area contributed by atoms with E-state index in [1.165, 1.54) is 167 Å². The van der Waals surface area contributed by atoms with Crippen LogP contribution in [0.25, 0.3) is 0 Å². The first-order chi connectivity index (χ1) is 22.8. The van der Waals surface area contributed by atoms with Crippen LogP contribution < -0.4 is 0 Å². The molecule has 0 N–H and O–H groups in total. The normalized spacial score (nSPS) is 11.5. The molecule has 6 heteroatoms. The second-order valence-electron chi connectivity index (χ2n) is 14.7. The van der Waals surface area contributed by atoms with Gasteiger partial charge in [-0.15, -0.1) is 12.4 Å². The number of hydrogen-bond donors (Lipinski definition) is 0. The first kappa shape index (κ1) is 51.6. The van der Waals surface area contributed by atoms with Crippen LogP contribution in [0, 0.1) is 0 Å². The van der Waals surface area contributed by atoms with Gasteiger partial charge in [0.25, 0.3) is 0 Å². The number of carbonyl (C=O) groups is 2. The molecule has 0 fully saturated rings. The minimum atomic E-state index is -0.367. The van der Waals surface area contributed by atoms with Crippen LogP contribution in [0.3, 0.4) is 0 Å². The molecule has 0 heterocycles. The lowest BCUT2D eigenvalue weighted by Crippen LogP contribution is -2.22. The molecule has 290 valence electrons. The maximum Gasteiger partial charge on any atom is 0.306 e. The van der Waals surface area contributed by atoms with Crippen LogP contribution in [0.2, 0.25) is 0 Å². The second kappa shape index (κ2) is 44.2. The van der Waals surface area contributed by atoms with Gasteiger partial charge in [0.05, 0.1) is 0 Å². The minimum Gasteiger partial charge on any atom is -0.462 e. The summed E-state index contributed by atoms with van der Waals surface area (Å²) in [4.78, 5) is 26.1. The number of carbonyl (C=O) groups excluding carboxylic acids is 2. The third-order valence-corrected chi connectivity index (χ3v) is 8.78. The Bertz CT molecular complexity index is 628. The minimum absolute atomic E-state index is 0. The van der Waals surface area contributed by atoms with Crippen molar-refractivity contribution in [3.63, 3.8) is 0 Å². The molecule has 0 aliphatic heterocycles. The lowest BCUT2D eigenvalue weighted by molar-refractivity contribution is -0.158. The molecule has 0 bridgehead atoms. The van der Waals surface area contributed by atoms with Crippen molar-refractivity contribution in [1.29, 1.82) is 0 Å². The molecule has 0 aliphatic rings. The van der Waals surface area contributed by atoms with E-state index in [0.29, 0.717) is 12.8 Å². The van der Waals surface area contributed by atoms with Gasteiger partial charge in [-0.25, -0.2) is 0 Å². The zero-order chi connectivity index (χ0) is 35.1. The van der Waals surface area contributed by atoms with Gasteiger partial charge in [0.1, 0.15) is 12.7 Å². The molecule has 0 saturated heterocycles. The van der Waals surface area contributed by atoms with Crippen LogP contribution in [0.1, 0.15) is 226 Å². The number of hydrogen-bond acceptors (Lipinski definition) is 5. The summed E-state index contributed by atoms with van der Waals surface area (Å²) in [5.74, 6) is -0.333. The van der Waals surface area contributed by atoms with Crippen LogP contribution in [0.5, 0.6) is 0 Å². The number of nitrogens with zero attached hydrogens (tertiary/aromatic N) is 1. The highest BCUT2D eigenvalue weighted by Crippen LogP contribution is 2.15. The Morgan fingerprint density at radius 3 is 0.938 bits per heavy atom. The van der Waals surface area contributed by atoms with Crippen molar-refractivity contribution in [2.45, 2.75) is 232 Å². The van der Waals surface area contributed by atoms with Crippen LogP contribution >= 0.6 is 12.4 Å². The molecular formula is C42H86ClNO4. The SMILES string of the molecule is CCCCCCCCCCCCCCCCCC(=O)OCC(C)OC(=O)CCCCCCCCCCCCCCCCC.CN(C)C.Cl. The fourth-order valence-corrected chi connectivity index (χ4v) is 5.88. The van der Waals surface area contributed by atoms with Crippen molar-refractivity contribution in [1.82, 2.24) is 4.90 Å². The zero-order valence-corrected chi connectivity index (χ0v) is 34.2. The zero-order valence-electron chi connectivity index (χ0n) is 33.4. The van der Waals surface area contributed by atoms with Gasteiger partial charge >= 0.3 is 11.9 Å². The molecule has 0 aromatic carbocycles. The topological polar surface area (TPSA) is 55.8 Å². The molecule has 5 nitrogen and oxygen atoms in total. The summed E-state index contributed by atoms with van der Waals surface area (Å²) in [6.45, 7) is 6.53. The predicted octanol–water partition coefficient (Wildman–Crippen LogP) is 13.6. The summed E-state index contributed by atoms with van der Waals surface area (Å²) in [5, 5.41) is 0. The van der Waals surface area contributed by atoms with Crippen molar-refractivity contribution >= 4 is 24.3 Å². The summed E-state index contributed by atoms with van der Waals surface area (Å²) in [6.07, 6.45) is 40.1. The van der Waals surface area contributed by atoms with Gasteiger partial charge in [-0.1, -0.05) is 194 Å². The Labute approximate surface area is 307 Å². The van der Waals surface area contributed by atoms with Crippen LogP contribution in [-0.2, 0) is 19.1 Å². The van der Waals surface area contributed by atoms with E-state index < -0.39 is 0 Å². The average Bonchev–Trinajstić information content (AvgIpc) is 3.03. The van der Waals surface area contributed by atoms with Crippen molar-refractivity contribution in [2.75, 3.05) is 27.7 Å². The number of halogens is 1. The Kier molecular flexibility index (Phi) is 47.5. The van der Waals surface area contributed by atoms with Gasteiger partial charge < -0.3 is 14.4 Å². The molecule has 0 rings (SSSR count). The highest BCUT2D eigenvalue weighted by atomic mass is 35.5. The number of esters is 2. The first-order valence-corrected chi connectivity index (χ1v) is 20.8. The molecule has 0 aromatic rings. The van der Waals surface area contributed by atoms with E-state index in [4.69, 9.17) is 9.47 Å². The maximum absolute atomic E-state index is 12.1. The number of rotatable bonds is 35. The highest BCUT2D eigenvalue weighted by Gasteiger charge is 2.12. The van der Waals surface area contributed by atoms with Crippen molar-refractivity contribution in [3.8, 4) is 0 Å². The molecule has 0 spiro atoms. The van der Waals surface area contributed by atoms with Crippen LogP contribution in [-0.4, -0.2) is 50.7 Å². The Morgan fingerprint density at radius 1 is 0.438 bits per heavy atom. The molecule has 0 aliphatic carbocycles. The summed E-state index contributed by atoms with van der Waals surface area (Å²) < 4.78 is 10.8. The molecule has 0 saturated carbocycles.